The maximum Gasteiger partial charge on any atom is 0.0185 e. The number of hydrogen-bond acceptors (Lipinski definition) is 6. The Morgan fingerprint density at radius 2 is 0.750 bits per heavy atom. The Morgan fingerprint density at radius 3 is 0.950 bits per heavy atom. The summed E-state index contributed by atoms with van der Waals surface area (Å²) in [5, 5.41) is 0. The highest BCUT2D eigenvalue weighted by molar-refractivity contribution is 4.84. The molecule has 0 aliphatic heterocycles. The van der Waals surface area contributed by atoms with Gasteiger partial charge in [0, 0.05) is 38.6 Å². The van der Waals surface area contributed by atoms with Gasteiger partial charge in [0.2, 0.25) is 0 Å². The van der Waals surface area contributed by atoms with Crippen LogP contribution >= 0.6 is 0 Å². The quantitative estimate of drug-likeness (QED) is 0.341. The molecule has 6 nitrogen and oxygen atoms in total. The van der Waals surface area contributed by atoms with Gasteiger partial charge in [0.15, 0.2) is 0 Å². The fourth-order valence-corrected chi connectivity index (χ4v) is 1.89. The first-order chi connectivity index (χ1) is 9.78. The lowest BCUT2D eigenvalue weighted by Crippen LogP contribution is -2.27. The van der Waals surface area contributed by atoms with Gasteiger partial charge in [0.05, 0.1) is 0 Å². The molecule has 0 radical (unpaired) electrons. The second-order valence-electron chi connectivity index (χ2n) is 4.94. The van der Waals surface area contributed by atoms with Gasteiger partial charge >= 0.3 is 0 Å². The second-order valence-corrected chi connectivity index (χ2v) is 4.94. The summed E-state index contributed by atoms with van der Waals surface area (Å²) in [4.78, 5) is 4.58. The van der Waals surface area contributed by atoms with Crippen LogP contribution in [-0.4, -0.2) is 62.2 Å². The first-order valence-electron chi connectivity index (χ1n) is 7.75. The van der Waals surface area contributed by atoms with E-state index in [2.05, 4.69) is 22.2 Å². The van der Waals surface area contributed by atoms with Gasteiger partial charge in [-0.2, -0.15) is 0 Å². The summed E-state index contributed by atoms with van der Waals surface area (Å²) in [5.41, 5.74) is 22.3. The van der Waals surface area contributed by atoms with Gasteiger partial charge in [-0.05, 0) is 51.9 Å². The van der Waals surface area contributed by atoms with Crippen LogP contribution in [0.4, 0.5) is 0 Å². The van der Waals surface area contributed by atoms with Crippen LogP contribution in [0.25, 0.3) is 0 Å². The van der Waals surface area contributed by atoms with Crippen molar-refractivity contribution >= 4 is 0 Å². The highest BCUT2D eigenvalue weighted by Gasteiger charge is 2.01. The number of hydrogen-bond donors (Lipinski definition) is 4. The predicted molar refractivity (Wildman–Crippen MR) is 87.0 cm³/mol. The van der Waals surface area contributed by atoms with Crippen molar-refractivity contribution in [3.63, 3.8) is 0 Å². The fraction of sp³-hybridized carbons (Fsp3) is 0.857. The van der Waals surface area contributed by atoms with E-state index in [1.54, 1.807) is 0 Å². The molecular formula is C14H34N6. The van der Waals surface area contributed by atoms with E-state index in [9.17, 15) is 0 Å². The van der Waals surface area contributed by atoms with E-state index in [1.807, 2.05) is 0 Å². The van der Waals surface area contributed by atoms with Gasteiger partial charge < -0.3 is 32.7 Å². The van der Waals surface area contributed by atoms with E-state index >= 15 is 0 Å². The molecule has 0 heterocycles. The third-order valence-electron chi connectivity index (χ3n) is 3.09. The normalized spacial score (nSPS) is 11.2. The molecule has 0 bridgehead atoms. The molecule has 20 heavy (non-hydrogen) atoms. The highest BCUT2D eigenvalue weighted by atomic mass is 15.2. The maximum atomic E-state index is 5.58. The smallest absolute Gasteiger partial charge is 0.0185 e. The molecule has 0 aromatic carbocycles. The van der Waals surface area contributed by atoms with Crippen molar-refractivity contribution in [1.29, 1.82) is 0 Å². The average Bonchev–Trinajstić information content (AvgIpc) is 2.48. The Morgan fingerprint density at radius 1 is 0.500 bits per heavy atom. The molecule has 0 saturated heterocycles. The molecule has 120 valence electrons. The highest BCUT2D eigenvalue weighted by Crippen LogP contribution is 2.00. The number of nitrogens with two attached hydrogens (primary N) is 4. The molecule has 0 aromatic heterocycles. The van der Waals surface area contributed by atoms with Crippen molar-refractivity contribution in [3.05, 3.63) is 12.4 Å². The van der Waals surface area contributed by atoms with Crippen molar-refractivity contribution in [2.24, 2.45) is 22.9 Å². The van der Waals surface area contributed by atoms with Crippen LogP contribution in [0, 0.1) is 0 Å². The predicted octanol–water partition coefficient (Wildman–Crippen LogP) is -0.543. The van der Waals surface area contributed by atoms with Gasteiger partial charge in [-0.1, -0.05) is 0 Å². The van der Waals surface area contributed by atoms with Gasteiger partial charge in [0.25, 0.3) is 0 Å². The summed E-state index contributed by atoms with van der Waals surface area (Å²) >= 11 is 0. The van der Waals surface area contributed by atoms with Crippen LogP contribution in [0.1, 0.15) is 25.7 Å². The van der Waals surface area contributed by atoms with Gasteiger partial charge in [-0.25, -0.2) is 0 Å². The molecule has 8 N–H and O–H groups in total. The maximum absolute atomic E-state index is 5.58. The molecule has 0 unspecified atom stereocenters. The molecule has 0 spiro atoms. The summed E-state index contributed by atoms with van der Waals surface area (Å²) in [6.45, 7) is 6.80. The van der Waals surface area contributed by atoms with Gasteiger partial charge in [-0.15, -0.1) is 0 Å². The summed E-state index contributed by atoms with van der Waals surface area (Å²) in [6.07, 6.45) is 8.30. The first-order valence-corrected chi connectivity index (χ1v) is 7.75. The van der Waals surface area contributed by atoms with Crippen LogP contribution in [0.2, 0.25) is 0 Å². The van der Waals surface area contributed by atoms with E-state index in [4.69, 9.17) is 22.9 Å². The van der Waals surface area contributed by atoms with E-state index in [0.717, 1.165) is 78.0 Å². The van der Waals surface area contributed by atoms with Gasteiger partial charge in [0.1, 0.15) is 0 Å². The Kier molecular flexibility index (Phi) is 14.0. The fourth-order valence-electron chi connectivity index (χ4n) is 1.89. The lowest BCUT2D eigenvalue weighted by Gasteiger charge is -2.24. The lowest BCUT2D eigenvalue weighted by atomic mass is 10.3. The van der Waals surface area contributed by atoms with E-state index in [-0.39, 0.29) is 0 Å². The van der Waals surface area contributed by atoms with Gasteiger partial charge in [-0.3, -0.25) is 0 Å². The first kappa shape index (κ1) is 19.2. The second kappa shape index (κ2) is 14.6. The molecule has 0 amide bonds. The standard InChI is InChI=1S/C14H34N6/c15-5-1-9-19(10-2-6-16)13-14-20(11-3-7-17)12-4-8-18/h13-14H,1-12,15-18H2. The molecule has 0 atom stereocenters. The SMILES string of the molecule is NCCCN(C=CN(CCCN)CCCN)CCCN. The minimum absolute atomic E-state index is 0.719. The molecular weight excluding hydrogens is 252 g/mol. The average molecular weight is 286 g/mol. The van der Waals surface area contributed by atoms with Crippen LogP contribution in [0.3, 0.4) is 0 Å². The molecule has 0 aliphatic carbocycles. The third kappa shape index (κ3) is 11.0. The number of rotatable bonds is 14. The Labute approximate surface area is 124 Å². The van der Waals surface area contributed by atoms with Crippen molar-refractivity contribution in [1.82, 2.24) is 9.80 Å². The van der Waals surface area contributed by atoms with Crippen LogP contribution < -0.4 is 22.9 Å². The largest absolute Gasteiger partial charge is 0.376 e. The summed E-state index contributed by atoms with van der Waals surface area (Å²) in [6, 6.07) is 0. The lowest BCUT2D eigenvalue weighted by molar-refractivity contribution is 0.333. The monoisotopic (exact) mass is 286 g/mol. The number of nitrogens with zero attached hydrogens (tertiary/aromatic N) is 2. The molecule has 0 aliphatic rings. The molecule has 6 heteroatoms. The van der Waals surface area contributed by atoms with Crippen LogP contribution in [0.5, 0.6) is 0 Å². The molecule has 0 fully saturated rings. The van der Waals surface area contributed by atoms with Crippen LogP contribution in [-0.2, 0) is 0 Å². The van der Waals surface area contributed by atoms with Crippen molar-refractivity contribution in [2.45, 2.75) is 25.7 Å². The zero-order valence-corrected chi connectivity index (χ0v) is 12.8. The Bertz CT molecular complexity index is 184. The third-order valence-corrected chi connectivity index (χ3v) is 3.09. The Hall–Kier alpha value is -0.820. The van der Waals surface area contributed by atoms with Crippen molar-refractivity contribution in [2.75, 3.05) is 52.4 Å². The van der Waals surface area contributed by atoms with E-state index in [0.29, 0.717) is 0 Å². The molecule has 0 aromatic rings. The zero-order valence-electron chi connectivity index (χ0n) is 12.8. The minimum atomic E-state index is 0.719. The van der Waals surface area contributed by atoms with E-state index in [1.165, 1.54) is 0 Å². The molecule has 0 rings (SSSR count). The van der Waals surface area contributed by atoms with Crippen LogP contribution in [0.15, 0.2) is 12.4 Å². The zero-order chi connectivity index (χ0) is 15.1. The topological polar surface area (TPSA) is 111 Å². The summed E-state index contributed by atoms with van der Waals surface area (Å²) in [7, 11) is 0. The Balaban J connectivity index is 4.30. The van der Waals surface area contributed by atoms with Crippen molar-refractivity contribution < 1.29 is 0 Å². The summed E-state index contributed by atoms with van der Waals surface area (Å²) in [5.74, 6) is 0. The minimum Gasteiger partial charge on any atom is -0.376 e. The van der Waals surface area contributed by atoms with E-state index < -0.39 is 0 Å². The summed E-state index contributed by atoms with van der Waals surface area (Å²) < 4.78 is 0. The van der Waals surface area contributed by atoms with Crippen molar-refractivity contribution in [3.8, 4) is 0 Å². The molecule has 0 saturated carbocycles.